The molecular weight excluding hydrogens is 456 g/mol. The van der Waals surface area contributed by atoms with Crippen LogP contribution in [0.4, 0.5) is 5.69 Å². The summed E-state index contributed by atoms with van der Waals surface area (Å²) in [7, 11) is 3.82. The van der Waals surface area contributed by atoms with E-state index in [-0.39, 0.29) is 23.5 Å². The molecule has 2 aromatic carbocycles. The van der Waals surface area contributed by atoms with E-state index in [1.807, 2.05) is 50.2 Å². The Morgan fingerprint density at radius 2 is 1.81 bits per heavy atom. The standard InChI is InChI=1S/C28H34N4O4/c1-4-11-22(24(33)26-29-21-14-6-7-15-23(21)36-26)30-27(35)28(16-8-5-9-17-28)31-25(34)19-12-10-13-20(18-19)32(2)3/h6-7,10,12-15,18,22H,4-5,8-9,11,16-17H2,1-3H3,(H,30,35)(H,31,34)/t22-/m0/s1. The highest BCUT2D eigenvalue weighted by atomic mass is 16.4. The molecule has 0 spiro atoms. The number of fused-ring (bicyclic) bond motifs is 1. The molecule has 2 amide bonds. The molecule has 1 heterocycles. The summed E-state index contributed by atoms with van der Waals surface area (Å²) in [5, 5.41) is 5.99. The summed E-state index contributed by atoms with van der Waals surface area (Å²) in [6.45, 7) is 1.95. The first kappa shape index (κ1) is 25.4. The van der Waals surface area contributed by atoms with Crippen LogP contribution in [0, 0.1) is 0 Å². The van der Waals surface area contributed by atoms with Gasteiger partial charge in [-0.2, -0.15) is 0 Å². The number of Topliss-reactive ketones (excluding diaryl/α,β-unsaturated/α-hetero) is 1. The van der Waals surface area contributed by atoms with Gasteiger partial charge in [-0.1, -0.05) is 50.8 Å². The number of carbonyl (C=O) groups is 3. The van der Waals surface area contributed by atoms with Crippen molar-refractivity contribution in [3.05, 3.63) is 60.0 Å². The van der Waals surface area contributed by atoms with Gasteiger partial charge in [0.05, 0.1) is 6.04 Å². The number of benzene rings is 2. The van der Waals surface area contributed by atoms with Crippen molar-refractivity contribution in [1.82, 2.24) is 15.6 Å². The number of rotatable bonds is 9. The summed E-state index contributed by atoms with van der Waals surface area (Å²) in [6.07, 6.45) is 4.82. The molecule has 0 aliphatic heterocycles. The van der Waals surface area contributed by atoms with E-state index in [0.29, 0.717) is 42.3 Å². The second-order valence-electron chi connectivity index (χ2n) is 9.71. The molecule has 190 valence electrons. The van der Waals surface area contributed by atoms with Gasteiger partial charge in [0.1, 0.15) is 11.1 Å². The molecule has 0 radical (unpaired) electrons. The van der Waals surface area contributed by atoms with Crippen LogP contribution >= 0.6 is 0 Å². The van der Waals surface area contributed by atoms with Crippen LogP contribution in [0.1, 0.15) is 72.9 Å². The molecule has 0 bridgehead atoms. The van der Waals surface area contributed by atoms with Gasteiger partial charge in [0.2, 0.25) is 11.7 Å². The van der Waals surface area contributed by atoms with Crippen molar-refractivity contribution < 1.29 is 18.8 Å². The van der Waals surface area contributed by atoms with Crippen molar-refractivity contribution in [2.24, 2.45) is 0 Å². The molecule has 36 heavy (non-hydrogen) atoms. The van der Waals surface area contributed by atoms with Gasteiger partial charge in [-0.15, -0.1) is 0 Å². The first-order valence-electron chi connectivity index (χ1n) is 12.6. The molecule has 1 atom stereocenters. The molecule has 1 saturated carbocycles. The van der Waals surface area contributed by atoms with E-state index in [2.05, 4.69) is 15.6 Å². The van der Waals surface area contributed by atoms with Crippen LogP contribution in [-0.4, -0.2) is 48.3 Å². The first-order valence-corrected chi connectivity index (χ1v) is 12.6. The van der Waals surface area contributed by atoms with Gasteiger partial charge < -0.3 is 20.0 Å². The summed E-state index contributed by atoms with van der Waals surface area (Å²) in [6, 6.07) is 13.7. The topological polar surface area (TPSA) is 105 Å². The average Bonchev–Trinajstić information content (AvgIpc) is 3.33. The Kier molecular flexibility index (Phi) is 7.72. The van der Waals surface area contributed by atoms with Crippen LogP contribution in [0.5, 0.6) is 0 Å². The number of nitrogens with one attached hydrogen (secondary N) is 2. The number of anilines is 1. The van der Waals surface area contributed by atoms with Gasteiger partial charge in [0, 0.05) is 25.3 Å². The van der Waals surface area contributed by atoms with E-state index in [9.17, 15) is 14.4 Å². The van der Waals surface area contributed by atoms with Crippen LogP contribution in [0.3, 0.4) is 0 Å². The van der Waals surface area contributed by atoms with Crippen LogP contribution in [-0.2, 0) is 4.79 Å². The third kappa shape index (κ3) is 5.42. The first-order chi connectivity index (χ1) is 17.3. The quantitative estimate of drug-likeness (QED) is 0.428. The second kappa shape index (κ2) is 10.9. The maximum atomic E-state index is 13.7. The Bertz CT molecular complexity index is 1210. The van der Waals surface area contributed by atoms with Gasteiger partial charge in [-0.05, 0) is 49.6 Å². The van der Waals surface area contributed by atoms with Crippen molar-refractivity contribution in [2.75, 3.05) is 19.0 Å². The number of nitrogens with zero attached hydrogens (tertiary/aromatic N) is 2. The average molecular weight is 491 g/mol. The minimum Gasteiger partial charge on any atom is -0.434 e. The van der Waals surface area contributed by atoms with Crippen molar-refractivity contribution in [2.45, 2.75) is 63.5 Å². The van der Waals surface area contributed by atoms with Gasteiger partial charge >= 0.3 is 0 Å². The van der Waals surface area contributed by atoms with Crippen molar-refractivity contribution in [3.8, 4) is 0 Å². The molecule has 2 N–H and O–H groups in total. The Balaban J connectivity index is 1.55. The number of ketones is 1. The molecule has 0 saturated heterocycles. The van der Waals surface area contributed by atoms with Crippen LogP contribution in [0.15, 0.2) is 52.9 Å². The third-order valence-electron chi connectivity index (χ3n) is 6.82. The monoisotopic (exact) mass is 490 g/mol. The Labute approximate surface area is 211 Å². The number of carbonyl (C=O) groups excluding carboxylic acids is 3. The highest BCUT2D eigenvalue weighted by molar-refractivity contribution is 6.03. The molecule has 1 aliphatic rings. The molecule has 1 fully saturated rings. The SMILES string of the molecule is CCC[C@H](NC(=O)C1(NC(=O)c2cccc(N(C)C)c2)CCCCC1)C(=O)c1nc2ccccc2o1. The van der Waals surface area contributed by atoms with E-state index in [1.165, 1.54) is 0 Å². The fraction of sp³-hybridized carbons (Fsp3) is 0.429. The zero-order valence-corrected chi connectivity index (χ0v) is 21.2. The molecule has 1 aromatic heterocycles. The van der Waals surface area contributed by atoms with Crippen molar-refractivity contribution in [1.29, 1.82) is 0 Å². The maximum Gasteiger partial charge on any atom is 0.266 e. The number of aromatic nitrogens is 1. The summed E-state index contributed by atoms with van der Waals surface area (Å²) >= 11 is 0. The zero-order chi connectivity index (χ0) is 25.7. The van der Waals surface area contributed by atoms with Gasteiger partial charge in [0.25, 0.3) is 11.8 Å². The highest BCUT2D eigenvalue weighted by Gasteiger charge is 2.42. The van der Waals surface area contributed by atoms with E-state index in [1.54, 1.807) is 24.3 Å². The van der Waals surface area contributed by atoms with Crippen molar-refractivity contribution >= 4 is 34.4 Å². The second-order valence-corrected chi connectivity index (χ2v) is 9.71. The lowest BCUT2D eigenvalue weighted by molar-refractivity contribution is -0.129. The largest absolute Gasteiger partial charge is 0.434 e. The van der Waals surface area contributed by atoms with E-state index in [4.69, 9.17) is 4.42 Å². The molecule has 1 aliphatic carbocycles. The summed E-state index contributed by atoms with van der Waals surface area (Å²) in [4.78, 5) is 46.5. The smallest absolute Gasteiger partial charge is 0.266 e. The molecule has 8 nitrogen and oxygen atoms in total. The summed E-state index contributed by atoms with van der Waals surface area (Å²) < 4.78 is 5.68. The van der Waals surface area contributed by atoms with Gasteiger partial charge in [-0.25, -0.2) is 4.98 Å². The number of oxazole rings is 1. The minimum absolute atomic E-state index is 0.0165. The molecule has 3 aromatic rings. The van der Waals surface area contributed by atoms with Crippen LogP contribution in [0.25, 0.3) is 11.1 Å². The molecule has 8 heteroatoms. The maximum absolute atomic E-state index is 13.7. The summed E-state index contributed by atoms with van der Waals surface area (Å²) in [5.74, 6) is -1.01. The highest BCUT2D eigenvalue weighted by Crippen LogP contribution is 2.30. The van der Waals surface area contributed by atoms with Crippen LogP contribution < -0.4 is 15.5 Å². The molecular formula is C28H34N4O4. The lowest BCUT2D eigenvalue weighted by Gasteiger charge is -2.37. The predicted octanol–water partition coefficient (Wildman–Crippen LogP) is 4.49. The molecule has 4 rings (SSSR count). The Morgan fingerprint density at radius 1 is 1.06 bits per heavy atom. The predicted molar refractivity (Wildman–Crippen MR) is 139 cm³/mol. The Morgan fingerprint density at radius 3 is 2.50 bits per heavy atom. The van der Waals surface area contributed by atoms with Crippen LogP contribution in [0.2, 0.25) is 0 Å². The van der Waals surface area contributed by atoms with Crippen molar-refractivity contribution in [3.63, 3.8) is 0 Å². The summed E-state index contributed by atoms with van der Waals surface area (Å²) in [5.41, 5.74) is 1.44. The van der Waals surface area contributed by atoms with Gasteiger partial charge in [0.15, 0.2) is 5.58 Å². The molecule has 0 unspecified atom stereocenters. The third-order valence-corrected chi connectivity index (χ3v) is 6.82. The lowest BCUT2D eigenvalue weighted by Crippen LogP contribution is -2.62. The van der Waals surface area contributed by atoms with Gasteiger partial charge in [-0.3, -0.25) is 14.4 Å². The van der Waals surface area contributed by atoms with E-state index in [0.717, 1.165) is 24.9 Å². The zero-order valence-electron chi connectivity index (χ0n) is 21.2. The number of para-hydroxylation sites is 2. The fourth-order valence-electron chi connectivity index (χ4n) is 4.76. The number of hydrogen-bond acceptors (Lipinski definition) is 6. The lowest BCUT2D eigenvalue weighted by atomic mass is 9.80. The number of amides is 2. The fourth-order valence-corrected chi connectivity index (χ4v) is 4.76. The Hall–Kier alpha value is -3.68. The normalized spacial score (nSPS) is 15.8. The van der Waals surface area contributed by atoms with E-state index >= 15 is 0 Å². The minimum atomic E-state index is -1.07. The van der Waals surface area contributed by atoms with E-state index < -0.39 is 11.6 Å². The number of hydrogen-bond donors (Lipinski definition) is 2.